The Hall–Kier alpha value is -0.880. The summed E-state index contributed by atoms with van der Waals surface area (Å²) in [6, 6.07) is 3.73. The first kappa shape index (κ1) is 15.5. The second kappa shape index (κ2) is 6.72. The zero-order valence-corrected chi connectivity index (χ0v) is 14.2. The molecular formula is C14H19BrN2O2S. The molecule has 1 aliphatic rings. The number of hydrogen-bond acceptors (Lipinski definition) is 3. The van der Waals surface area contributed by atoms with Crippen LogP contribution in [-0.4, -0.2) is 47.8 Å². The SMILES string of the molecule is CC(C)CC(=O)N1CCN(C(=O)c2ccc(Br)s2)CC1. The van der Waals surface area contributed by atoms with Gasteiger partial charge in [0.1, 0.15) is 0 Å². The zero-order valence-electron chi connectivity index (χ0n) is 11.8. The third-order valence-corrected chi connectivity index (χ3v) is 4.90. The quantitative estimate of drug-likeness (QED) is 0.833. The Morgan fingerprint density at radius 1 is 1.20 bits per heavy atom. The van der Waals surface area contributed by atoms with Gasteiger partial charge in [-0.1, -0.05) is 13.8 Å². The summed E-state index contributed by atoms with van der Waals surface area (Å²) in [4.78, 5) is 28.7. The molecule has 2 heterocycles. The second-order valence-corrected chi connectivity index (χ2v) is 7.84. The van der Waals surface area contributed by atoms with Crippen LogP contribution in [-0.2, 0) is 4.79 Å². The Kier molecular flexibility index (Phi) is 5.21. The van der Waals surface area contributed by atoms with Crippen molar-refractivity contribution >= 4 is 39.1 Å². The maximum Gasteiger partial charge on any atom is 0.264 e. The average Bonchev–Trinajstić information content (AvgIpc) is 2.84. The Morgan fingerprint density at radius 2 is 1.80 bits per heavy atom. The highest BCUT2D eigenvalue weighted by Gasteiger charge is 2.25. The molecule has 1 fully saturated rings. The fraction of sp³-hybridized carbons (Fsp3) is 0.571. The molecule has 0 saturated carbocycles. The van der Waals surface area contributed by atoms with Crippen molar-refractivity contribution in [1.82, 2.24) is 9.80 Å². The molecule has 1 aromatic heterocycles. The summed E-state index contributed by atoms with van der Waals surface area (Å²) < 4.78 is 0.964. The van der Waals surface area contributed by atoms with E-state index in [-0.39, 0.29) is 11.8 Å². The molecule has 4 nitrogen and oxygen atoms in total. The van der Waals surface area contributed by atoms with E-state index in [4.69, 9.17) is 0 Å². The van der Waals surface area contributed by atoms with Gasteiger partial charge in [-0.05, 0) is 34.0 Å². The normalized spacial score (nSPS) is 15.8. The van der Waals surface area contributed by atoms with Crippen LogP contribution >= 0.6 is 27.3 Å². The molecule has 0 bridgehead atoms. The molecule has 0 radical (unpaired) electrons. The third-order valence-electron chi connectivity index (χ3n) is 3.29. The number of piperazine rings is 1. The molecule has 1 aromatic rings. The van der Waals surface area contributed by atoms with Gasteiger partial charge in [0.05, 0.1) is 8.66 Å². The van der Waals surface area contributed by atoms with Crippen molar-refractivity contribution in [1.29, 1.82) is 0 Å². The highest BCUT2D eigenvalue weighted by molar-refractivity contribution is 9.11. The molecule has 0 N–H and O–H groups in total. The van der Waals surface area contributed by atoms with Gasteiger partial charge < -0.3 is 9.80 Å². The van der Waals surface area contributed by atoms with Gasteiger partial charge in [0.15, 0.2) is 0 Å². The summed E-state index contributed by atoms with van der Waals surface area (Å²) in [5, 5.41) is 0. The van der Waals surface area contributed by atoms with Crippen molar-refractivity contribution in [2.45, 2.75) is 20.3 Å². The van der Waals surface area contributed by atoms with Crippen LogP contribution in [0.2, 0.25) is 0 Å². The van der Waals surface area contributed by atoms with Crippen molar-refractivity contribution in [3.05, 3.63) is 20.8 Å². The number of nitrogens with zero attached hydrogens (tertiary/aromatic N) is 2. The monoisotopic (exact) mass is 358 g/mol. The van der Waals surface area contributed by atoms with Gasteiger partial charge in [0, 0.05) is 32.6 Å². The fourth-order valence-electron chi connectivity index (χ4n) is 2.22. The number of thiophene rings is 1. The van der Waals surface area contributed by atoms with E-state index in [0.29, 0.717) is 38.5 Å². The lowest BCUT2D eigenvalue weighted by Crippen LogP contribution is -2.50. The molecule has 2 amide bonds. The van der Waals surface area contributed by atoms with Gasteiger partial charge in [-0.3, -0.25) is 9.59 Å². The molecule has 1 saturated heterocycles. The van der Waals surface area contributed by atoms with Crippen molar-refractivity contribution < 1.29 is 9.59 Å². The molecule has 0 unspecified atom stereocenters. The minimum absolute atomic E-state index is 0.0664. The third kappa shape index (κ3) is 3.82. The fourth-order valence-corrected chi connectivity index (χ4v) is 3.58. The van der Waals surface area contributed by atoms with Crippen molar-refractivity contribution in [2.24, 2.45) is 5.92 Å². The van der Waals surface area contributed by atoms with Crippen LogP contribution in [0.5, 0.6) is 0 Å². The Bertz CT molecular complexity index is 493. The van der Waals surface area contributed by atoms with E-state index in [1.807, 2.05) is 35.8 Å². The molecule has 2 rings (SSSR count). The predicted molar refractivity (Wildman–Crippen MR) is 84.0 cm³/mol. The lowest BCUT2D eigenvalue weighted by molar-refractivity contribution is -0.133. The van der Waals surface area contributed by atoms with Crippen LogP contribution in [0.25, 0.3) is 0 Å². The smallest absolute Gasteiger partial charge is 0.264 e. The molecule has 0 aliphatic carbocycles. The van der Waals surface area contributed by atoms with Crippen LogP contribution < -0.4 is 0 Å². The van der Waals surface area contributed by atoms with E-state index in [2.05, 4.69) is 15.9 Å². The van der Waals surface area contributed by atoms with E-state index in [1.54, 1.807) is 0 Å². The van der Waals surface area contributed by atoms with Crippen LogP contribution in [0.3, 0.4) is 0 Å². The lowest BCUT2D eigenvalue weighted by atomic mass is 10.1. The molecular weight excluding hydrogens is 340 g/mol. The largest absolute Gasteiger partial charge is 0.339 e. The van der Waals surface area contributed by atoms with Crippen LogP contribution in [0.4, 0.5) is 0 Å². The lowest BCUT2D eigenvalue weighted by Gasteiger charge is -2.35. The minimum atomic E-state index is 0.0664. The highest BCUT2D eigenvalue weighted by Crippen LogP contribution is 2.23. The van der Waals surface area contributed by atoms with E-state index in [0.717, 1.165) is 8.66 Å². The molecule has 6 heteroatoms. The maximum atomic E-state index is 12.3. The zero-order chi connectivity index (χ0) is 14.7. The van der Waals surface area contributed by atoms with Crippen molar-refractivity contribution in [2.75, 3.05) is 26.2 Å². The molecule has 0 aromatic carbocycles. The molecule has 1 aliphatic heterocycles. The number of carbonyl (C=O) groups is 2. The Morgan fingerprint density at radius 3 is 2.30 bits per heavy atom. The molecule has 110 valence electrons. The summed E-state index contributed by atoms with van der Waals surface area (Å²) in [5.41, 5.74) is 0. The second-order valence-electron chi connectivity index (χ2n) is 5.37. The van der Waals surface area contributed by atoms with Crippen LogP contribution in [0.1, 0.15) is 29.9 Å². The predicted octanol–water partition coefficient (Wildman–Crippen LogP) is 2.84. The number of amides is 2. The highest BCUT2D eigenvalue weighted by atomic mass is 79.9. The first-order valence-electron chi connectivity index (χ1n) is 6.79. The van der Waals surface area contributed by atoms with E-state index in [1.165, 1.54) is 11.3 Å². The van der Waals surface area contributed by atoms with Gasteiger partial charge >= 0.3 is 0 Å². The van der Waals surface area contributed by atoms with Crippen molar-refractivity contribution in [3.8, 4) is 0 Å². The van der Waals surface area contributed by atoms with Gasteiger partial charge in [0.25, 0.3) is 5.91 Å². The van der Waals surface area contributed by atoms with Crippen LogP contribution in [0, 0.1) is 5.92 Å². The summed E-state index contributed by atoms with van der Waals surface area (Å²) >= 11 is 4.82. The topological polar surface area (TPSA) is 40.6 Å². The first-order valence-corrected chi connectivity index (χ1v) is 8.40. The summed E-state index contributed by atoms with van der Waals surface area (Å²) in [6.45, 7) is 6.63. The minimum Gasteiger partial charge on any atom is -0.339 e. The van der Waals surface area contributed by atoms with E-state index >= 15 is 0 Å². The number of rotatable bonds is 3. The van der Waals surface area contributed by atoms with Gasteiger partial charge in [-0.15, -0.1) is 11.3 Å². The molecule has 0 atom stereocenters. The summed E-state index contributed by atoms with van der Waals surface area (Å²) in [5.74, 6) is 0.647. The maximum absolute atomic E-state index is 12.3. The standard InChI is InChI=1S/C14H19BrN2O2S/c1-10(2)9-13(18)16-5-7-17(8-6-16)14(19)11-3-4-12(15)20-11/h3-4,10H,5-9H2,1-2H3. The number of halogens is 1. The van der Waals surface area contributed by atoms with E-state index in [9.17, 15) is 9.59 Å². The van der Waals surface area contributed by atoms with Gasteiger partial charge in [-0.2, -0.15) is 0 Å². The van der Waals surface area contributed by atoms with Gasteiger partial charge in [0.2, 0.25) is 5.91 Å². The number of hydrogen-bond donors (Lipinski definition) is 0. The van der Waals surface area contributed by atoms with Gasteiger partial charge in [-0.25, -0.2) is 0 Å². The average molecular weight is 359 g/mol. The van der Waals surface area contributed by atoms with E-state index < -0.39 is 0 Å². The molecule has 20 heavy (non-hydrogen) atoms. The number of carbonyl (C=O) groups excluding carboxylic acids is 2. The summed E-state index contributed by atoms with van der Waals surface area (Å²) in [7, 11) is 0. The van der Waals surface area contributed by atoms with Crippen molar-refractivity contribution in [3.63, 3.8) is 0 Å². The van der Waals surface area contributed by atoms with Crippen LogP contribution in [0.15, 0.2) is 15.9 Å². The summed E-state index contributed by atoms with van der Waals surface area (Å²) in [6.07, 6.45) is 0.589. The Labute approximate surface area is 131 Å². The Balaban J connectivity index is 1.88. The molecule has 0 spiro atoms. The first-order chi connectivity index (χ1) is 9.47.